The first-order valence-electron chi connectivity index (χ1n) is 7.04. The lowest BCUT2D eigenvalue weighted by atomic mass is 10.1. The second-order valence-electron chi connectivity index (χ2n) is 5.28. The van der Waals surface area contributed by atoms with E-state index >= 15 is 0 Å². The highest BCUT2D eigenvalue weighted by Crippen LogP contribution is 2.18. The van der Waals surface area contributed by atoms with Crippen molar-refractivity contribution in [3.63, 3.8) is 0 Å². The normalized spacial score (nSPS) is 11.0. The van der Waals surface area contributed by atoms with Gasteiger partial charge < -0.3 is 15.0 Å². The summed E-state index contributed by atoms with van der Waals surface area (Å²) in [6.45, 7) is 5.60. The van der Waals surface area contributed by atoms with E-state index in [4.69, 9.17) is 10.5 Å². The van der Waals surface area contributed by atoms with Gasteiger partial charge in [0.25, 0.3) is 0 Å². The highest BCUT2D eigenvalue weighted by molar-refractivity contribution is 5.77. The quantitative estimate of drug-likeness (QED) is 0.746. The summed E-state index contributed by atoms with van der Waals surface area (Å²) in [6, 6.07) is 11.8. The Bertz CT molecular complexity index is 760. The Labute approximate surface area is 124 Å². The molecule has 1 aromatic heterocycles. The van der Waals surface area contributed by atoms with Crippen LogP contribution in [0.3, 0.4) is 0 Å². The van der Waals surface area contributed by atoms with Crippen LogP contribution in [-0.2, 0) is 6.54 Å². The van der Waals surface area contributed by atoms with Gasteiger partial charge in [-0.25, -0.2) is 4.98 Å². The van der Waals surface area contributed by atoms with E-state index in [1.807, 2.05) is 30.6 Å². The van der Waals surface area contributed by atoms with Crippen molar-refractivity contribution < 1.29 is 4.74 Å². The van der Waals surface area contributed by atoms with Crippen molar-refractivity contribution in [1.82, 2.24) is 9.55 Å². The van der Waals surface area contributed by atoms with Crippen LogP contribution in [0.25, 0.3) is 11.0 Å². The van der Waals surface area contributed by atoms with E-state index in [0.29, 0.717) is 6.61 Å². The Hall–Kier alpha value is -2.49. The van der Waals surface area contributed by atoms with Gasteiger partial charge >= 0.3 is 0 Å². The van der Waals surface area contributed by atoms with E-state index in [-0.39, 0.29) is 0 Å². The number of nitrogens with zero attached hydrogens (tertiary/aromatic N) is 2. The molecular formula is C17H19N3O. The summed E-state index contributed by atoms with van der Waals surface area (Å²) in [4.78, 5) is 4.45. The lowest BCUT2D eigenvalue weighted by molar-refractivity contribution is 0.300. The molecule has 108 valence electrons. The van der Waals surface area contributed by atoms with Gasteiger partial charge in [-0.3, -0.25) is 0 Å². The molecule has 0 amide bonds. The maximum atomic E-state index is 5.73. The predicted octanol–water partition coefficient (Wildman–Crippen LogP) is 3.31. The third-order valence-electron chi connectivity index (χ3n) is 3.72. The lowest BCUT2D eigenvalue weighted by Crippen LogP contribution is -2.07. The minimum atomic E-state index is 0.600. The Kier molecular flexibility index (Phi) is 3.52. The fourth-order valence-electron chi connectivity index (χ4n) is 2.32. The zero-order chi connectivity index (χ0) is 14.8. The maximum absolute atomic E-state index is 5.73. The van der Waals surface area contributed by atoms with Gasteiger partial charge in [-0.15, -0.1) is 0 Å². The summed E-state index contributed by atoms with van der Waals surface area (Å²) in [6.07, 6.45) is 1.87. The number of fused-ring (bicyclic) bond motifs is 1. The van der Waals surface area contributed by atoms with Crippen LogP contribution in [0.15, 0.2) is 42.7 Å². The van der Waals surface area contributed by atoms with Gasteiger partial charge in [-0.1, -0.05) is 0 Å². The molecule has 0 bridgehead atoms. The van der Waals surface area contributed by atoms with Crippen LogP contribution in [0, 0.1) is 13.8 Å². The second kappa shape index (κ2) is 5.48. The molecule has 3 aromatic rings. The smallest absolute Gasteiger partial charge is 0.119 e. The van der Waals surface area contributed by atoms with Gasteiger partial charge in [0.2, 0.25) is 0 Å². The lowest BCUT2D eigenvalue weighted by Gasteiger charge is -2.08. The number of ether oxygens (including phenoxy) is 1. The minimum absolute atomic E-state index is 0.600. The highest BCUT2D eigenvalue weighted by atomic mass is 16.5. The van der Waals surface area contributed by atoms with Crippen LogP contribution in [0.5, 0.6) is 5.75 Å². The highest BCUT2D eigenvalue weighted by Gasteiger charge is 2.05. The van der Waals surface area contributed by atoms with Crippen molar-refractivity contribution in [2.75, 3.05) is 12.3 Å². The van der Waals surface area contributed by atoms with Crippen molar-refractivity contribution in [2.24, 2.45) is 0 Å². The molecule has 3 rings (SSSR count). The molecule has 1 heterocycles. The van der Waals surface area contributed by atoms with Crippen molar-refractivity contribution in [3.05, 3.63) is 53.9 Å². The molecular weight excluding hydrogens is 262 g/mol. The second-order valence-corrected chi connectivity index (χ2v) is 5.28. The topological polar surface area (TPSA) is 53.1 Å². The summed E-state index contributed by atoms with van der Waals surface area (Å²) in [7, 11) is 0. The van der Waals surface area contributed by atoms with Crippen LogP contribution >= 0.6 is 0 Å². The molecule has 0 aliphatic carbocycles. The number of aromatic nitrogens is 2. The Morgan fingerprint density at radius 3 is 2.57 bits per heavy atom. The molecule has 0 aliphatic rings. The van der Waals surface area contributed by atoms with E-state index in [9.17, 15) is 0 Å². The molecule has 0 radical (unpaired) electrons. The standard InChI is InChI=1S/C17H19N3O/c1-12-9-16-17(10-13(12)2)20(11-19-16)7-8-21-15-5-3-14(18)4-6-15/h3-6,9-11H,7-8,18H2,1-2H3. The molecule has 4 nitrogen and oxygen atoms in total. The number of rotatable bonds is 4. The first-order chi connectivity index (χ1) is 10.1. The van der Waals surface area contributed by atoms with Gasteiger partial charge in [-0.05, 0) is 61.4 Å². The van der Waals surface area contributed by atoms with E-state index in [1.54, 1.807) is 0 Å². The van der Waals surface area contributed by atoms with Gasteiger partial charge in [0.15, 0.2) is 0 Å². The van der Waals surface area contributed by atoms with Crippen LogP contribution < -0.4 is 10.5 Å². The maximum Gasteiger partial charge on any atom is 0.119 e. The molecule has 2 N–H and O–H groups in total. The third-order valence-corrected chi connectivity index (χ3v) is 3.72. The van der Waals surface area contributed by atoms with Crippen LogP contribution in [0.4, 0.5) is 5.69 Å². The minimum Gasteiger partial charge on any atom is -0.492 e. The van der Waals surface area contributed by atoms with Gasteiger partial charge in [0.05, 0.1) is 23.9 Å². The van der Waals surface area contributed by atoms with E-state index in [1.165, 1.54) is 11.1 Å². The summed E-state index contributed by atoms with van der Waals surface area (Å²) in [5, 5.41) is 0. The number of hydrogen-bond donors (Lipinski definition) is 1. The van der Waals surface area contributed by atoms with Crippen LogP contribution in [0.2, 0.25) is 0 Å². The Balaban J connectivity index is 1.70. The fourth-order valence-corrected chi connectivity index (χ4v) is 2.32. The monoisotopic (exact) mass is 281 g/mol. The predicted molar refractivity (Wildman–Crippen MR) is 85.6 cm³/mol. The molecule has 21 heavy (non-hydrogen) atoms. The molecule has 0 saturated carbocycles. The molecule has 0 aliphatic heterocycles. The van der Waals surface area contributed by atoms with E-state index in [2.05, 4.69) is 35.5 Å². The average molecular weight is 281 g/mol. The third kappa shape index (κ3) is 2.84. The molecule has 2 aromatic carbocycles. The number of aryl methyl sites for hydroxylation is 2. The van der Waals surface area contributed by atoms with Crippen molar-refractivity contribution >= 4 is 16.7 Å². The van der Waals surface area contributed by atoms with Crippen molar-refractivity contribution in [3.8, 4) is 5.75 Å². The van der Waals surface area contributed by atoms with E-state index < -0.39 is 0 Å². The number of anilines is 1. The SMILES string of the molecule is Cc1cc2ncn(CCOc3ccc(N)cc3)c2cc1C. The van der Waals surface area contributed by atoms with E-state index in [0.717, 1.165) is 29.0 Å². The first kappa shape index (κ1) is 13.5. The summed E-state index contributed by atoms with van der Waals surface area (Å²) >= 11 is 0. The number of nitrogen functional groups attached to an aromatic ring is 1. The Morgan fingerprint density at radius 2 is 1.81 bits per heavy atom. The molecule has 0 atom stereocenters. The van der Waals surface area contributed by atoms with Crippen LogP contribution in [-0.4, -0.2) is 16.2 Å². The summed E-state index contributed by atoms with van der Waals surface area (Å²) in [5.74, 6) is 0.834. The van der Waals surface area contributed by atoms with Gasteiger partial charge in [0.1, 0.15) is 12.4 Å². The largest absolute Gasteiger partial charge is 0.492 e. The molecule has 0 fully saturated rings. The summed E-state index contributed by atoms with van der Waals surface area (Å²) < 4.78 is 7.86. The number of hydrogen-bond acceptors (Lipinski definition) is 3. The Morgan fingerprint density at radius 1 is 1.10 bits per heavy atom. The van der Waals surface area contributed by atoms with Gasteiger partial charge in [0, 0.05) is 5.69 Å². The summed E-state index contributed by atoms with van der Waals surface area (Å²) in [5.41, 5.74) is 11.1. The zero-order valence-electron chi connectivity index (χ0n) is 12.3. The number of imidazole rings is 1. The van der Waals surface area contributed by atoms with Crippen LogP contribution in [0.1, 0.15) is 11.1 Å². The molecule has 0 unspecified atom stereocenters. The molecule has 0 spiro atoms. The van der Waals surface area contributed by atoms with Crippen molar-refractivity contribution in [2.45, 2.75) is 20.4 Å². The number of benzene rings is 2. The molecule has 4 heteroatoms. The van der Waals surface area contributed by atoms with Crippen molar-refractivity contribution in [1.29, 1.82) is 0 Å². The first-order valence-corrected chi connectivity index (χ1v) is 7.04. The van der Waals surface area contributed by atoms with Gasteiger partial charge in [-0.2, -0.15) is 0 Å². The fraction of sp³-hybridized carbons (Fsp3) is 0.235. The molecule has 0 saturated heterocycles. The zero-order valence-corrected chi connectivity index (χ0v) is 12.3. The average Bonchev–Trinajstić information content (AvgIpc) is 2.84. The number of nitrogens with two attached hydrogens (primary N) is 1.